The SMILES string of the molecule is CC1C(=O)OC2C(O)C34C5CC6C(O)(C(C)(C)C)C7C(=O)OC(OC3(C(=O)O5)C12O)C674. The van der Waals surface area contributed by atoms with Crippen molar-refractivity contribution in [3.05, 3.63) is 0 Å². The number of fused-ring (bicyclic) bond motifs is 1. The van der Waals surface area contributed by atoms with Crippen molar-refractivity contribution in [1.82, 2.24) is 0 Å². The molecule has 168 valence electrons. The van der Waals surface area contributed by atoms with Gasteiger partial charge in [0, 0.05) is 5.92 Å². The average Bonchev–Trinajstić information content (AvgIpc) is 3.35. The first-order valence-electron chi connectivity index (χ1n) is 10.7. The minimum atomic E-state index is -2.20. The van der Waals surface area contributed by atoms with Gasteiger partial charge in [-0.1, -0.05) is 20.8 Å². The number of carbonyl (C=O) groups is 3. The number of hydrogen-bond acceptors (Lipinski definition) is 10. The Labute approximate surface area is 176 Å². The molecule has 4 aliphatic heterocycles. The molecule has 7 aliphatic rings. The van der Waals surface area contributed by atoms with Crippen molar-refractivity contribution in [2.75, 3.05) is 0 Å². The van der Waals surface area contributed by atoms with Crippen LogP contribution < -0.4 is 0 Å². The Hall–Kier alpha value is -1.75. The molecule has 0 bridgehead atoms. The number of aliphatic hydroxyl groups excluding tert-OH is 1. The van der Waals surface area contributed by atoms with E-state index in [0.717, 1.165) is 0 Å². The smallest absolute Gasteiger partial charge is 0.343 e. The molecule has 0 aromatic rings. The molecule has 0 aromatic heterocycles. The lowest BCUT2D eigenvalue weighted by Gasteiger charge is -2.66. The van der Waals surface area contributed by atoms with Crippen LogP contribution in [0, 0.1) is 34.0 Å². The average molecular weight is 436 g/mol. The molecular weight excluding hydrogens is 412 g/mol. The van der Waals surface area contributed by atoms with Crippen molar-refractivity contribution in [3.8, 4) is 0 Å². The predicted molar refractivity (Wildman–Crippen MR) is 94.4 cm³/mol. The van der Waals surface area contributed by atoms with Crippen LogP contribution in [0.3, 0.4) is 0 Å². The molecule has 0 aromatic carbocycles. The molecule has 4 saturated heterocycles. The number of esters is 3. The Bertz CT molecular complexity index is 1020. The minimum absolute atomic E-state index is 0.177. The summed E-state index contributed by atoms with van der Waals surface area (Å²) in [6.07, 6.45) is -4.97. The molecule has 12 atom stereocenters. The fourth-order valence-electron chi connectivity index (χ4n) is 9.23. The summed E-state index contributed by atoms with van der Waals surface area (Å²) in [5.41, 5.74) is -9.44. The van der Waals surface area contributed by atoms with Crippen LogP contribution in [-0.4, -0.2) is 74.6 Å². The molecule has 10 heteroatoms. The van der Waals surface area contributed by atoms with Crippen LogP contribution in [0.5, 0.6) is 0 Å². The Morgan fingerprint density at radius 2 is 1.71 bits per heavy atom. The van der Waals surface area contributed by atoms with Gasteiger partial charge in [0.25, 0.3) is 0 Å². The van der Waals surface area contributed by atoms with Crippen molar-refractivity contribution in [2.45, 2.75) is 75.5 Å². The van der Waals surface area contributed by atoms with Gasteiger partial charge in [-0.05, 0) is 18.8 Å². The first-order chi connectivity index (χ1) is 14.3. The lowest BCUT2D eigenvalue weighted by molar-refractivity contribution is -0.306. The van der Waals surface area contributed by atoms with Crippen LogP contribution in [0.4, 0.5) is 0 Å². The molecule has 3 saturated carbocycles. The summed E-state index contributed by atoms with van der Waals surface area (Å²) < 4.78 is 22.8. The number of carbonyl (C=O) groups excluding carboxylic acids is 3. The van der Waals surface area contributed by atoms with Crippen LogP contribution in [0.15, 0.2) is 0 Å². The van der Waals surface area contributed by atoms with Gasteiger partial charge in [0.15, 0.2) is 11.7 Å². The third-order valence-corrected chi connectivity index (χ3v) is 10.2. The molecule has 7 fully saturated rings. The van der Waals surface area contributed by atoms with E-state index in [4.69, 9.17) is 18.9 Å². The monoisotopic (exact) mass is 436 g/mol. The van der Waals surface area contributed by atoms with Gasteiger partial charge in [-0.15, -0.1) is 0 Å². The number of ether oxygens (including phenoxy) is 4. The molecule has 0 amide bonds. The topological polar surface area (TPSA) is 149 Å². The number of hydrogen-bond donors (Lipinski definition) is 3. The van der Waals surface area contributed by atoms with Gasteiger partial charge < -0.3 is 34.3 Å². The van der Waals surface area contributed by atoms with E-state index in [9.17, 15) is 29.7 Å². The second kappa shape index (κ2) is 4.37. The number of aliphatic hydroxyl groups is 3. The van der Waals surface area contributed by atoms with E-state index >= 15 is 0 Å². The van der Waals surface area contributed by atoms with E-state index in [-0.39, 0.29) is 6.42 Å². The molecule has 0 radical (unpaired) electrons. The van der Waals surface area contributed by atoms with E-state index in [0.29, 0.717) is 0 Å². The van der Waals surface area contributed by atoms with E-state index in [1.54, 1.807) is 0 Å². The zero-order valence-corrected chi connectivity index (χ0v) is 17.4. The highest BCUT2D eigenvalue weighted by Gasteiger charge is 3.08. The van der Waals surface area contributed by atoms with E-state index in [2.05, 4.69) is 0 Å². The Kier molecular flexibility index (Phi) is 2.65. The third-order valence-electron chi connectivity index (χ3n) is 10.2. The van der Waals surface area contributed by atoms with Gasteiger partial charge in [0.1, 0.15) is 12.2 Å². The summed E-state index contributed by atoms with van der Waals surface area (Å²) in [4.78, 5) is 38.8. The van der Waals surface area contributed by atoms with Crippen molar-refractivity contribution in [1.29, 1.82) is 0 Å². The highest BCUT2D eigenvalue weighted by molar-refractivity contribution is 5.94. The Balaban J connectivity index is 1.55. The Morgan fingerprint density at radius 3 is 2.35 bits per heavy atom. The fraction of sp³-hybridized carbons (Fsp3) is 0.857. The van der Waals surface area contributed by atoms with Gasteiger partial charge >= 0.3 is 17.9 Å². The number of rotatable bonds is 0. The molecule has 31 heavy (non-hydrogen) atoms. The first-order valence-corrected chi connectivity index (χ1v) is 10.7. The summed E-state index contributed by atoms with van der Waals surface area (Å²) >= 11 is 0. The molecule has 4 heterocycles. The normalized spacial score (nSPS) is 64.4. The van der Waals surface area contributed by atoms with Crippen LogP contribution in [0.25, 0.3) is 0 Å². The van der Waals surface area contributed by atoms with Gasteiger partial charge in [-0.2, -0.15) is 0 Å². The summed E-state index contributed by atoms with van der Waals surface area (Å²) in [5.74, 6) is -5.17. The van der Waals surface area contributed by atoms with Crippen molar-refractivity contribution < 1.29 is 48.7 Å². The zero-order valence-electron chi connectivity index (χ0n) is 17.4. The predicted octanol–water partition coefficient (Wildman–Crippen LogP) is -1.37. The maximum Gasteiger partial charge on any atom is 0.343 e. The lowest BCUT2D eigenvalue weighted by Crippen LogP contribution is -2.78. The van der Waals surface area contributed by atoms with Crippen molar-refractivity contribution >= 4 is 17.9 Å². The summed E-state index contributed by atoms with van der Waals surface area (Å²) in [6.45, 7) is 6.87. The maximum absolute atomic E-state index is 13.4. The molecule has 3 N–H and O–H groups in total. The molecule has 10 nitrogen and oxygen atoms in total. The second-order valence-electron chi connectivity index (χ2n) is 11.4. The highest BCUT2D eigenvalue weighted by atomic mass is 16.8. The maximum atomic E-state index is 13.4. The summed E-state index contributed by atoms with van der Waals surface area (Å²) in [5, 5.41) is 35.4. The van der Waals surface area contributed by atoms with Crippen LogP contribution in [-0.2, 0) is 33.3 Å². The molecule has 3 aliphatic carbocycles. The van der Waals surface area contributed by atoms with Gasteiger partial charge in [0.05, 0.1) is 28.3 Å². The largest absolute Gasteiger partial charge is 0.459 e. The van der Waals surface area contributed by atoms with Gasteiger partial charge in [-0.25, -0.2) is 4.79 Å². The first kappa shape index (κ1) is 18.8. The van der Waals surface area contributed by atoms with Crippen LogP contribution in [0.2, 0.25) is 0 Å². The molecule has 7 rings (SSSR count). The van der Waals surface area contributed by atoms with Crippen LogP contribution in [0.1, 0.15) is 34.1 Å². The standard InChI is InChI=1S/C21H24O10/c1-6-12(23)29-11-10(22)18-8-5-7-17(18)9(20(7,27)16(2,3)4)13(24)30-15(17)31-21(18,14(25)28-8)19(6,11)26/h6-11,15,22,26-27H,5H2,1-4H3. The van der Waals surface area contributed by atoms with Crippen LogP contribution >= 0.6 is 0 Å². The highest BCUT2D eigenvalue weighted by Crippen LogP contribution is 2.91. The summed E-state index contributed by atoms with van der Waals surface area (Å²) in [7, 11) is 0. The molecule has 12 unspecified atom stereocenters. The van der Waals surface area contributed by atoms with Crippen molar-refractivity contribution in [3.63, 3.8) is 0 Å². The van der Waals surface area contributed by atoms with E-state index in [1.807, 2.05) is 20.8 Å². The van der Waals surface area contributed by atoms with Gasteiger partial charge in [0.2, 0.25) is 11.9 Å². The zero-order chi connectivity index (χ0) is 22.3. The molecule has 2 spiro atoms. The quantitative estimate of drug-likeness (QED) is 0.307. The molecular formula is C21H24O10. The third kappa shape index (κ3) is 1.20. The lowest BCUT2D eigenvalue weighted by atomic mass is 9.35. The van der Waals surface area contributed by atoms with E-state index < -0.39 is 93.3 Å². The second-order valence-corrected chi connectivity index (χ2v) is 11.4. The Morgan fingerprint density at radius 1 is 1.03 bits per heavy atom. The summed E-state index contributed by atoms with van der Waals surface area (Å²) in [6, 6.07) is 0. The minimum Gasteiger partial charge on any atom is -0.459 e. The van der Waals surface area contributed by atoms with Crippen molar-refractivity contribution in [2.24, 2.45) is 34.0 Å². The van der Waals surface area contributed by atoms with E-state index in [1.165, 1.54) is 6.92 Å². The van der Waals surface area contributed by atoms with Gasteiger partial charge in [-0.3, -0.25) is 9.59 Å². The fourth-order valence-corrected chi connectivity index (χ4v) is 9.23.